The fourth-order valence-corrected chi connectivity index (χ4v) is 5.66. The highest BCUT2D eigenvalue weighted by molar-refractivity contribution is 7.98. The van der Waals surface area contributed by atoms with E-state index in [-0.39, 0.29) is 5.91 Å². The number of hydrogen-bond acceptors (Lipinski definition) is 7. The second-order valence-corrected chi connectivity index (χ2v) is 10.5. The molecule has 0 spiro atoms. The normalized spacial score (nSPS) is 11.0. The summed E-state index contributed by atoms with van der Waals surface area (Å²) in [6.07, 6.45) is 4.24. The van der Waals surface area contributed by atoms with Gasteiger partial charge in [0.25, 0.3) is 5.91 Å². The van der Waals surface area contributed by atoms with Crippen LogP contribution < -0.4 is 5.32 Å². The van der Waals surface area contributed by atoms with Crippen molar-refractivity contribution in [2.45, 2.75) is 24.3 Å². The first-order valence-corrected chi connectivity index (χ1v) is 13.8. The molecule has 3 aromatic heterocycles. The van der Waals surface area contributed by atoms with Gasteiger partial charge in [0.15, 0.2) is 11.0 Å². The van der Waals surface area contributed by atoms with Crippen molar-refractivity contribution in [1.29, 1.82) is 0 Å². The molecule has 2 aromatic carbocycles. The fraction of sp³-hybridized carbons (Fsp3) is 0.148. The van der Waals surface area contributed by atoms with Crippen LogP contribution in [0.5, 0.6) is 0 Å². The molecule has 3 heterocycles. The molecule has 186 valence electrons. The molecule has 0 bridgehead atoms. The van der Waals surface area contributed by atoms with Crippen LogP contribution in [0.25, 0.3) is 17.1 Å². The molecule has 0 saturated carbocycles. The van der Waals surface area contributed by atoms with Crippen LogP contribution in [0.2, 0.25) is 5.02 Å². The summed E-state index contributed by atoms with van der Waals surface area (Å²) >= 11 is 9.31. The van der Waals surface area contributed by atoms with Gasteiger partial charge in [0.2, 0.25) is 0 Å². The first kappa shape index (κ1) is 25.1. The first-order valence-electron chi connectivity index (χ1n) is 11.6. The molecule has 0 aliphatic heterocycles. The van der Waals surface area contributed by atoms with E-state index >= 15 is 0 Å². The van der Waals surface area contributed by atoms with Gasteiger partial charge in [-0.05, 0) is 48.7 Å². The van der Waals surface area contributed by atoms with Crippen LogP contribution in [0.1, 0.15) is 26.6 Å². The van der Waals surface area contributed by atoms with Gasteiger partial charge in [-0.2, -0.15) is 0 Å². The van der Waals surface area contributed by atoms with Crippen LogP contribution >= 0.6 is 34.7 Å². The van der Waals surface area contributed by atoms with Crippen LogP contribution in [0.15, 0.2) is 83.6 Å². The van der Waals surface area contributed by atoms with E-state index < -0.39 is 0 Å². The summed E-state index contributed by atoms with van der Waals surface area (Å²) in [5.41, 5.74) is 4.47. The van der Waals surface area contributed by atoms with Crippen molar-refractivity contribution in [2.75, 3.05) is 6.54 Å². The number of thioether (sulfide) groups is 1. The Kier molecular flexibility index (Phi) is 7.93. The van der Waals surface area contributed by atoms with Gasteiger partial charge >= 0.3 is 0 Å². The van der Waals surface area contributed by atoms with Crippen LogP contribution in [-0.4, -0.2) is 37.2 Å². The maximum atomic E-state index is 12.6. The Morgan fingerprint density at radius 2 is 1.89 bits per heavy atom. The van der Waals surface area contributed by atoms with Gasteiger partial charge in [-0.15, -0.1) is 21.5 Å². The smallest absolute Gasteiger partial charge is 0.270 e. The van der Waals surface area contributed by atoms with Crippen LogP contribution in [0, 0.1) is 6.92 Å². The second kappa shape index (κ2) is 11.7. The number of aromatic nitrogens is 5. The minimum atomic E-state index is -0.166. The highest BCUT2D eigenvalue weighted by Crippen LogP contribution is 2.32. The molecule has 0 atom stereocenters. The van der Waals surface area contributed by atoms with E-state index in [4.69, 9.17) is 11.6 Å². The predicted molar refractivity (Wildman–Crippen MR) is 148 cm³/mol. The molecule has 0 aliphatic rings. The van der Waals surface area contributed by atoms with Gasteiger partial charge in [-0.25, -0.2) is 4.98 Å². The van der Waals surface area contributed by atoms with Crippen molar-refractivity contribution in [1.82, 2.24) is 30.0 Å². The minimum Gasteiger partial charge on any atom is -0.350 e. The van der Waals surface area contributed by atoms with E-state index in [1.165, 1.54) is 28.7 Å². The third-order valence-electron chi connectivity index (χ3n) is 5.64. The molecule has 0 radical (unpaired) electrons. The third kappa shape index (κ3) is 6.07. The number of nitrogens with zero attached hydrogens (tertiary/aromatic N) is 5. The monoisotopic (exact) mass is 546 g/mol. The summed E-state index contributed by atoms with van der Waals surface area (Å²) in [4.78, 5) is 21.2. The molecule has 5 rings (SSSR count). The lowest BCUT2D eigenvalue weighted by Gasteiger charge is -2.13. The average Bonchev–Trinajstić information content (AvgIpc) is 3.57. The zero-order valence-corrected chi connectivity index (χ0v) is 22.4. The van der Waals surface area contributed by atoms with Crippen molar-refractivity contribution >= 4 is 40.6 Å². The van der Waals surface area contributed by atoms with Gasteiger partial charge in [0.1, 0.15) is 10.7 Å². The Bertz CT molecular complexity index is 1500. The molecule has 37 heavy (non-hydrogen) atoms. The maximum absolute atomic E-state index is 12.6. The number of hydrogen-bond donors (Lipinski definition) is 1. The molecular weight excluding hydrogens is 524 g/mol. The highest BCUT2D eigenvalue weighted by atomic mass is 35.5. The molecule has 0 aliphatic carbocycles. The van der Waals surface area contributed by atoms with Crippen molar-refractivity contribution in [3.05, 3.63) is 105 Å². The van der Waals surface area contributed by atoms with Gasteiger partial charge in [-0.3, -0.25) is 14.3 Å². The van der Waals surface area contributed by atoms with E-state index in [0.717, 1.165) is 28.2 Å². The number of thiazole rings is 1. The van der Waals surface area contributed by atoms with Crippen molar-refractivity contribution in [3.63, 3.8) is 0 Å². The second-order valence-electron chi connectivity index (χ2n) is 8.21. The Morgan fingerprint density at radius 1 is 1.08 bits per heavy atom. The van der Waals surface area contributed by atoms with Crippen LogP contribution in [0.4, 0.5) is 0 Å². The summed E-state index contributed by atoms with van der Waals surface area (Å²) in [7, 11) is 0. The van der Waals surface area contributed by atoms with Crippen molar-refractivity contribution in [3.8, 4) is 17.1 Å². The van der Waals surface area contributed by atoms with Crippen LogP contribution in [-0.2, 0) is 12.2 Å². The van der Waals surface area contributed by atoms with E-state index in [0.29, 0.717) is 34.0 Å². The number of halogens is 1. The molecule has 0 fully saturated rings. The fourth-order valence-electron chi connectivity index (χ4n) is 3.76. The Balaban J connectivity index is 1.31. The number of rotatable bonds is 9. The summed E-state index contributed by atoms with van der Waals surface area (Å²) in [6, 6.07) is 19.6. The summed E-state index contributed by atoms with van der Waals surface area (Å²) < 4.78 is 2.01. The van der Waals surface area contributed by atoms with E-state index in [1.54, 1.807) is 17.8 Å². The molecule has 10 heteroatoms. The van der Waals surface area contributed by atoms with Crippen molar-refractivity contribution in [2.24, 2.45) is 0 Å². The number of carbonyl (C=O) groups excluding carboxylic acids is 1. The standard InChI is InChI=1S/C27H23ClN6OS2/c1-18-7-8-21(28)15-23(18)34-25(20-10-12-29-13-11-20)32-33-27(34)37-17-24-31-22(16-36-24)26(35)30-14-9-19-5-3-2-4-6-19/h2-8,10-13,15-16H,9,14,17H2,1H3,(H,30,35). The number of aryl methyl sites for hydroxylation is 1. The summed E-state index contributed by atoms with van der Waals surface area (Å²) in [6.45, 7) is 2.59. The maximum Gasteiger partial charge on any atom is 0.270 e. The lowest BCUT2D eigenvalue weighted by atomic mass is 10.1. The Labute approximate surface area is 228 Å². The molecule has 0 unspecified atom stereocenters. The first-order chi connectivity index (χ1) is 18.1. The lowest BCUT2D eigenvalue weighted by molar-refractivity contribution is 0.0949. The Hall–Kier alpha value is -3.53. The third-order valence-corrected chi connectivity index (χ3v) is 7.84. The molecule has 7 nitrogen and oxygen atoms in total. The minimum absolute atomic E-state index is 0.166. The predicted octanol–water partition coefficient (Wildman–Crippen LogP) is 6.01. The van der Waals surface area contributed by atoms with Gasteiger partial charge < -0.3 is 5.32 Å². The number of nitrogens with one attached hydrogen (secondary N) is 1. The zero-order valence-electron chi connectivity index (χ0n) is 20.0. The highest BCUT2D eigenvalue weighted by Gasteiger charge is 2.19. The quantitative estimate of drug-likeness (QED) is 0.228. The number of amides is 1. The summed E-state index contributed by atoms with van der Waals surface area (Å²) in [5.74, 6) is 1.09. The van der Waals surface area contributed by atoms with Crippen LogP contribution in [0.3, 0.4) is 0 Å². The van der Waals surface area contributed by atoms with E-state index in [1.807, 2.05) is 72.2 Å². The number of pyridine rings is 1. The van der Waals surface area contributed by atoms with E-state index in [2.05, 4.69) is 25.5 Å². The molecule has 5 aromatic rings. The summed E-state index contributed by atoms with van der Waals surface area (Å²) in [5, 5.41) is 15.9. The average molecular weight is 547 g/mol. The zero-order chi connectivity index (χ0) is 25.6. The van der Waals surface area contributed by atoms with Gasteiger partial charge in [-0.1, -0.05) is 59.8 Å². The number of carbonyl (C=O) groups is 1. The molecular formula is C27H23ClN6OS2. The SMILES string of the molecule is Cc1ccc(Cl)cc1-n1c(SCc2nc(C(=O)NCCc3ccccc3)cs2)nnc1-c1ccncc1. The Morgan fingerprint density at radius 3 is 2.70 bits per heavy atom. The van der Waals surface area contributed by atoms with Crippen molar-refractivity contribution < 1.29 is 4.79 Å². The topological polar surface area (TPSA) is 85.6 Å². The molecule has 1 amide bonds. The molecule has 1 N–H and O–H groups in total. The van der Waals surface area contributed by atoms with E-state index in [9.17, 15) is 4.79 Å². The largest absolute Gasteiger partial charge is 0.350 e. The lowest BCUT2D eigenvalue weighted by Crippen LogP contribution is -2.26. The molecule has 0 saturated heterocycles. The number of benzene rings is 2. The van der Waals surface area contributed by atoms with Gasteiger partial charge in [0.05, 0.1) is 11.4 Å². The van der Waals surface area contributed by atoms with Gasteiger partial charge in [0, 0.05) is 34.9 Å².